The molecule has 0 aliphatic carbocycles. The summed E-state index contributed by atoms with van der Waals surface area (Å²) < 4.78 is 11.1. The van der Waals surface area contributed by atoms with Gasteiger partial charge < -0.3 is 25.2 Å². The van der Waals surface area contributed by atoms with E-state index in [0.29, 0.717) is 54.2 Å². The minimum atomic E-state index is -1.15. The van der Waals surface area contributed by atoms with Gasteiger partial charge in [-0.1, -0.05) is 96.1 Å². The molecule has 5 N–H and O–H groups in total. The van der Waals surface area contributed by atoms with Crippen molar-refractivity contribution in [3.63, 3.8) is 0 Å². The first-order chi connectivity index (χ1) is 27.5. The number of amides is 4. The normalized spacial score (nSPS) is 17.9. The largest absolute Gasteiger partial charge is 0.507 e. The Kier molecular flexibility index (Phi) is 22.0. The lowest BCUT2D eigenvalue weighted by molar-refractivity contribution is -0.167. The molecule has 57 heavy (non-hydrogen) atoms. The molecule has 0 aromatic heterocycles. The second kappa shape index (κ2) is 26.6. The topological polar surface area (TPSA) is 207 Å². The molecule has 0 radical (unpaired) electrons. The molecule has 1 fully saturated rings. The first-order valence-electron chi connectivity index (χ1n) is 21.3. The molecule has 1 saturated heterocycles. The van der Waals surface area contributed by atoms with Gasteiger partial charge in [0.05, 0.1) is 12.0 Å². The van der Waals surface area contributed by atoms with Gasteiger partial charge in [-0.05, 0) is 64.0 Å². The molecule has 4 atom stereocenters. The summed E-state index contributed by atoms with van der Waals surface area (Å²) >= 11 is 0. The Labute approximate surface area is 337 Å². The molecular formula is C42H67N5O10. The number of nitrogens with zero attached hydrogens (tertiary/aromatic N) is 3. The van der Waals surface area contributed by atoms with Gasteiger partial charge in [0.25, 0.3) is 5.91 Å². The zero-order chi connectivity index (χ0) is 41.4. The summed E-state index contributed by atoms with van der Waals surface area (Å²) in [5.41, 5.74) is 0.324. The molecule has 4 amide bonds. The molecule has 2 aliphatic heterocycles. The number of nitrogens with one attached hydrogen (secondary N) is 2. The van der Waals surface area contributed by atoms with Gasteiger partial charge in [0.2, 0.25) is 23.6 Å². The van der Waals surface area contributed by atoms with Gasteiger partial charge in [-0.2, -0.15) is 0 Å². The van der Waals surface area contributed by atoms with E-state index in [-0.39, 0.29) is 56.5 Å². The molecule has 2 heterocycles. The summed E-state index contributed by atoms with van der Waals surface area (Å²) in [4.78, 5) is 68.7. The van der Waals surface area contributed by atoms with E-state index in [1.165, 1.54) is 70.8 Å². The number of hydrogen-bond acceptors (Lipinski definition) is 11. The van der Waals surface area contributed by atoms with Crippen molar-refractivity contribution in [3.8, 4) is 5.75 Å². The number of ether oxygens (including phenoxy) is 2. The van der Waals surface area contributed by atoms with Gasteiger partial charge in [-0.25, -0.2) is 19.9 Å². The van der Waals surface area contributed by atoms with Crippen LogP contribution in [-0.4, -0.2) is 105 Å². The Bertz CT molecular complexity index is 1440. The molecule has 320 valence electrons. The molecule has 1 aromatic rings. The number of carbonyl (C=O) groups is 5. The van der Waals surface area contributed by atoms with E-state index in [1.54, 1.807) is 18.2 Å². The number of phenols is 1. The van der Waals surface area contributed by atoms with Gasteiger partial charge in [0.15, 0.2) is 6.04 Å². The SMILES string of the molecule is CCCCCCCCCCCCCCCC(=O)N(O)CCCC[C@H](NC(=O)[C@@H]1COC(c2ccccc2O)=N1)C(=O)O[C@@H](C)CC(=O)N[C@H]1CCCCN(O)C1=O. The van der Waals surface area contributed by atoms with Gasteiger partial charge in [0, 0.05) is 19.5 Å². The van der Waals surface area contributed by atoms with E-state index in [0.717, 1.165) is 19.3 Å². The fourth-order valence-corrected chi connectivity index (χ4v) is 6.98. The minimum Gasteiger partial charge on any atom is -0.507 e. The van der Waals surface area contributed by atoms with Crippen LogP contribution in [0.3, 0.4) is 0 Å². The number of aliphatic imine (C=N–C) groups is 1. The number of phenolic OH excluding ortho intramolecular Hbond substituents is 1. The third kappa shape index (κ3) is 17.8. The van der Waals surface area contributed by atoms with E-state index in [1.807, 2.05) is 0 Å². The Morgan fingerprint density at radius 1 is 0.947 bits per heavy atom. The predicted molar refractivity (Wildman–Crippen MR) is 213 cm³/mol. The molecule has 0 saturated carbocycles. The number of hydrogen-bond donors (Lipinski definition) is 5. The zero-order valence-electron chi connectivity index (χ0n) is 34.1. The molecule has 15 heteroatoms. The molecular weight excluding hydrogens is 734 g/mol. The fourth-order valence-electron chi connectivity index (χ4n) is 6.98. The van der Waals surface area contributed by atoms with Crippen LogP contribution in [-0.2, 0) is 33.4 Å². The van der Waals surface area contributed by atoms with Gasteiger partial charge in [0.1, 0.15) is 30.5 Å². The van der Waals surface area contributed by atoms with Crippen LogP contribution in [0.5, 0.6) is 5.75 Å². The maximum atomic E-state index is 13.4. The summed E-state index contributed by atoms with van der Waals surface area (Å²) in [7, 11) is 0. The van der Waals surface area contributed by atoms with E-state index in [9.17, 15) is 39.5 Å². The first-order valence-corrected chi connectivity index (χ1v) is 21.3. The summed E-state index contributed by atoms with van der Waals surface area (Å²) in [6.07, 6.45) is 17.1. The Morgan fingerprint density at radius 3 is 2.26 bits per heavy atom. The van der Waals surface area contributed by atoms with Gasteiger partial charge >= 0.3 is 5.97 Å². The molecule has 2 aliphatic rings. The predicted octanol–water partition coefficient (Wildman–Crippen LogP) is 6.10. The van der Waals surface area contributed by atoms with Crippen molar-refractivity contribution >= 4 is 35.5 Å². The highest BCUT2D eigenvalue weighted by Crippen LogP contribution is 2.22. The smallest absolute Gasteiger partial charge is 0.328 e. The summed E-state index contributed by atoms with van der Waals surface area (Å²) in [6.45, 7) is 3.88. The monoisotopic (exact) mass is 801 g/mol. The van der Waals surface area contributed by atoms with Crippen LogP contribution in [0.15, 0.2) is 29.3 Å². The Balaban J connectivity index is 1.44. The molecule has 0 bridgehead atoms. The molecule has 0 unspecified atom stereocenters. The van der Waals surface area contributed by atoms with Crippen LogP contribution >= 0.6 is 0 Å². The van der Waals surface area contributed by atoms with Crippen LogP contribution < -0.4 is 10.6 Å². The molecule has 3 rings (SSSR count). The third-order valence-corrected chi connectivity index (χ3v) is 10.4. The molecule has 1 aromatic carbocycles. The maximum absolute atomic E-state index is 13.4. The van der Waals surface area contributed by atoms with Crippen molar-refractivity contribution in [2.45, 2.75) is 173 Å². The van der Waals surface area contributed by atoms with Crippen LogP contribution in [0.4, 0.5) is 0 Å². The number of para-hydroxylation sites is 1. The Morgan fingerprint density at radius 2 is 1.60 bits per heavy atom. The number of benzene rings is 1. The fraction of sp³-hybridized carbons (Fsp3) is 0.714. The highest BCUT2D eigenvalue weighted by atomic mass is 16.5. The quantitative estimate of drug-likeness (QED) is 0.0299. The highest BCUT2D eigenvalue weighted by Gasteiger charge is 2.33. The number of unbranched alkanes of at least 4 members (excludes halogenated alkanes) is 13. The van der Waals surface area contributed by atoms with Crippen LogP contribution in [0, 0.1) is 0 Å². The lowest BCUT2D eigenvalue weighted by atomic mass is 10.0. The standard InChI is InChI=1S/C42H67N5O10/c1-3-4-5-6-7-8-9-10-11-12-13-14-15-26-38(50)46(54)27-20-19-24-34(44-39(51)35-30-56-40(45-35)32-22-16-17-25-36(32)48)42(53)57-31(2)29-37(49)43-33-23-18-21-28-47(55)41(33)52/h16-17,22,25,31,33-35,48,54-55H,3-15,18-21,23-24,26-30H2,1-2H3,(H,43,49)(H,44,51)/t31-,33-,34-,35-/m0/s1. The van der Waals surface area contributed by atoms with Gasteiger partial charge in [-0.15, -0.1) is 0 Å². The summed E-state index contributed by atoms with van der Waals surface area (Å²) in [5.74, 6) is -2.86. The third-order valence-electron chi connectivity index (χ3n) is 10.4. The maximum Gasteiger partial charge on any atom is 0.328 e. The second-order valence-corrected chi connectivity index (χ2v) is 15.4. The minimum absolute atomic E-state index is 0.0550. The lowest BCUT2D eigenvalue weighted by Crippen LogP contribution is -2.48. The van der Waals surface area contributed by atoms with E-state index < -0.39 is 47.9 Å². The van der Waals surface area contributed by atoms with Gasteiger partial charge in [-0.3, -0.25) is 29.6 Å². The summed E-state index contributed by atoms with van der Waals surface area (Å²) in [6, 6.07) is 3.38. The number of rotatable bonds is 27. The first kappa shape index (κ1) is 47.1. The zero-order valence-corrected chi connectivity index (χ0v) is 34.1. The number of hydroxylamine groups is 4. The van der Waals surface area contributed by atoms with Crippen LogP contribution in [0.25, 0.3) is 0 Å². The lowest BCUT2D eigenvalue weighted by Gasteiger charge is -2.23. The van der Waals surface area contributed by atoms with Crippen molar-refractivity contribution in [1.82, 2.24) is 20.8 Å². The van der Waals surface area contributed by atoms with Crippen molar-refractivity contribution < 1.29 is 49.0 Å². The molecule has 15 nitrogen and oxygen atoms in total. The molecule has 0 spiro atoms. The van der Waals surface area contributed by atoms with Crippen molar-refractivity contribution in [2.24, 2.45) is 4.99 Å². The van der Waals surface area contributed by atoms with Crippen LogP contribution in [0.2, 0.25) is 0 Å². The summed E-state index contributed by atoms with van der Waals surface area (Å²) in [5, 5.41) is 37.0. The number of aromatic hydroxyl groups is 1. The van der Waals surface area contributed by atoms with Crippen molar-refractivity contribution in [1.29, 1.82) is 0 Å². The average molecular weight is 802 g/mol. The number of carbonyl (C=O) groups excluding carboxylic acids is 5. The Hall–Kier alpha value is -4.24. The van der Waals surface area contributed by atoms with E-state index >= 15 is 0 Å². The van der Waals surface area contributed by atoms with E-state index in [2.05, 4.69) is 22.5 Å². The average Bonchev–Trinajstić information content (AvgIpc) is 3.63. The number of esters is 1. The second-order valence-electron chi connectivity index (χ2n) is 15.4. The highest BCUT2D eigenvalue weighted by molar-refractivity contribution is 6.00. The van der Waals surface area contributed by atoms with Crippen molar-refractivity contribution in [2.75, 3.05) is 19.7 Å². The van der Waals surface area contributed by atoms with Crippen molar-refractivity contribution in [3.05, 3.63) is 29.8 Å². The van der Waals surface area contributed by atoms with E-state index in [4.69, 9.17) is 9.47 Å². The van der Waals surface area contributed by atoms with Crippen LogP contribution in [0.1, 0.15) is 154 Å².